The number of ether oxygens (including phenoxy) is 2. The van der Waals surface area contributed by atoms with Crippen LogP contribution >= 0.6 is 0 Å². The van der Waals surface area contributed by atoms with E-state index in [-0.39, 0.29) is 0 Å². The van der Waals surface area contributed by atoms with Gasteiger partial charge in [0.05, 0.1) is 7.11 Å². The molecular weight excluding hydrogens is 406 g/mol. The van der Waals surface area contributed by atoms with Gasteiger partial charge < -0.3 is 19.0 Å². The third-order valence-electron chi connectivity index (χ3n) is 4.70. The zero-order valence-corrected chi connectivity index (χ0v) is 17.4. The van der Waals surface area contributed by atoms with Crippen LogP contribution in [0.15, 0.2) is 83.3 Å². The van der Waals surface area contributed by atoms with Crippen LogP contribution in [0.25, 0.3) is 34.7 Å². The molecule has 0 bridgehead atoms. The minimum absolute atomic E-state index is 0.421. The van der Waals surface area contributed by atoms with Crippen molar-refractivity contribution in [3.05, 3.63) is 90.3 Å². The molecule has 4 aromatic rings. The molecule has 0 aliphatic carbocycles. The first kappa shape index (κ1) is 20.9. The van der Waals surface area contributed by atoms with Gasteiger partial charge in [-0.25, -0.2) is 9.78 Å². The Morgan fingerprint density at radius 2 is 1.66 bits per heavy atom. The van der Waals surface area contributed by atoms with Crippen LogP contribution in [-0.4, -0.2) is 29.8 Å². The van der Waals surface area contributed by atoms with E-state index in [4.69, 9.17) is 24.0 Å². The third-order valence-corrected chi connectivity index (χ3v) is 4.70. The van der Waals surface area contributed by atoms with Gasteiger partial charge in [-0.3, -0.25) is 0 Å². The molecule has 0 saturated heterocycles. The SMILES string of the molecule is COc1ccc(OCC(=O)O)cc1/C=C/c1nc(-c2ccccc2)c(-c2ccccc2)o1. The number of aliphatic carboxylic acids is 1. The Morgan fingerprint density at radius 3 is 2.31 bits per heavy atom. The lowest BCUT2D eigenvalue weighted by Gasteiger charge is -2.08. The molecule has 32 heavy (non-hydrogen) atoms. The molecule has 0 fully saturated rings. The summed E-state index contributed by atoms with van der Waals surface area (Å²) < 4.78 is 16.8. The van der Waals surface area contributed by atoms with Crippen LogP contribution in [0.1, 0.15) is 11.5 Å². The number of oxazole rings is 1. The van der Waals surface area contributed by atoms with Crippen LogP contribution in [0.5, 0.6) is 11.5 Å². The van der Waals surface area contributed by atoms with Crippen molar-refractivity contribution in [2.75, 3.05) is 13.7 Å². The summed E-state index contributed by atoms with van der Waals surface area (Å²) in [5.74, 6) is 1.11. The first-order valence-corrected chi connectivity index (χ1v) is 9.96. The number of carbonyl (C=O) groups is 1. The largest absolute Gasteiger partial charge is 0.496 e. The number of benzene rings is 3. The van der Waals surface area contributed by atoms with Crippen molar-refractivity contribution >= 4 is 18.1 Å². The molecule has 6 nitrogen and oxygen atoms in total. The van der Waals surface area contributed by atoms with Crippen LogP contribution < -0.4 is 9.47 Å². The molecule has 0 radical (unpaired) electrons. The van der Waals surface area contributed by atoms with Crippen molar-refractivity contribution in [3.63, 3.8) is 0 Å². The molecule has 160 valence electrons. The summed E-state index contributed by atoms with van der Waals surface area (Å²) in [6.45, 7) is -0.421. The number of carboxylic acids is 1. The van der Waals surface area contributed by atoms with Gasteiger partial charge in [0, 0.05) is 22.8 Å². The molecule has 1 heterocycles. The Hall–Kier alpha value is -4.32. The first-order valence-electron chi connectivity index (χ1n) is 9.96. The lowest BCUT2D eigenvalue weighted by molar-refractivity contribution is -0.139. The lowest BCUT2D eigenvalue weighted by Crippen LogP contribution is -2.09. The van der Waals surface area contributed by atoms with E-state index in [0.29, 0.717) is 28.7 Å². The third kappa shape index (κ3) is 4.87. The highest BCUT2D eigenvalue weighted by molar-refractivity contribution is 5.79. The Labute approximate surface area is 185 Å². The van der Waals surface area contributed by atoms with Crippen LogP contribution in [0, 0.1) is 0 Å². The summed E-state index contributed by atoms with van der Waals surface area (Å²) in [7, 11) is 1.57. The number of methoxy groups -OCH3 is 1. The number of aromatic nitrogens is 1. The molecule has 0 amide bonds. The predicted molar refractivity (Wildman–Crippen MR) is 122 cm³/mol. The number of rotatable bonds is 8. The number of hydrogen-bond acceptors (Lipinski definition) is 5. The summed E-state index contributed by atoms with van der Waals surface area (Å²) in [5, 5.41) is 8.83. The maximum absolute atomic E-state index is 10.8. The van der Waals surface area contributed by atoms with Gasteiger partial charge in [-0.15, -0.1) is 0 Å². The van der Waals surface area contributed by atoms with Gasteiger partial charge in [-0.05, 0) is 24.3 Å². The molecule has 6 heteroatoms. The first-order chi connectivity index (χ1) is 15.6. The van der Waals surface area contributed by atoms with E-state index >= 15 is 0 Å². The second-order valence-electron chi connectivity index (χ2n) is 6.88. The summed E-state index contributed by atoms with van der Waals surface area (Å²) in [5.41, 5.74) is 3.34. The topological polar surface area (TPSA) is 81.8 Å². The molecule has 1 aromatic heterocycles. The minimum atomic E-state index is -1.04. The number of carboxylic acid groups (broad SMARTS) is 1. The average molecular weight is 427 g/mol. The van der Waals surface area contributed by atoms with Gasteiger partial charge in [0.25, 0.3) is 0 Å². The van der Waals surface area contributed by atoms with Crippen LogP contribution in [-0.2, 0) is 4.79 Å². The molecule has 0 atom stereocenters. The van der Waals surface area contributed by atoms with Crippen molar-refractivity contribution in [3.8, 4) is 34.1 Å². The van der Waals surface area contributed by atoms with Crippen LogP contribution in [0.3, 0.4) is 0 Å². The Kier molecular flexibility index (Phi) is 6.32. The fourth-order valence-corrected chi connectivity index (χ4v) is 3.22. The molecule has 4 rings (SSSR count). The standard InChI is InChI=1S/C26H21NO5/c1-30-22-14-13-21(31-17-24(28)29)16-20(22)12-15-23-27-25(18-8-4-2-5-9-18)26(32-23)19-10-6-3-7-11-19/h2-16H,17H2,1H3,(H,28,29)/b15-12+. The van der Waals surface area contributed by atoms with Gasteiger partial charge in [0.1, 0.15) is 17.2 Å². The average Bonchev–Trinajstić information content (AvgIpc) is 3.27. The van der Waals surface area contributed by atoms with Crippen molar-refractivity contribution in [1.29, 1.82) is 0 Å². The molecule has 1 N–H and O–H groups in total. The van der Waals surface area contributed by atoms with Crippen LogP contribution in [0.2, 0.25) is 0 Å². The Bertz CT molecular complexity index is 1170. The second kappa shape index (κ2) is 9.66. The highest BCUT2D eigenvalue weighted by atomic mass is 16.5. The van der Waals surface area contributed by atoms with E-state index in [1.54, 1.807) is 37.5 Å². The van der Waals surface area contributed by atoms with Gasteiger partial charge in [-0.1, -0.05) is 60.7 Å². The van der Waals surface area contributed by atoms with Crippen molar-refractivity contribution in [2.45, 2.75) is 0 Å². The van der Waals surface area contributed by atoms with E-state index in [9.17, 15) is 4.79 Å². The van der Waals surface area contributed by atoms with E-state index in [0.717, 1.165) is 16.8 Å². The maximum atomic E-state index is 10.8. The monoisotopic (exact) mass is 427 g/mol. The lowest BCUT2D eigenvalue weighted by atomic mass is 10.1. The summed E-state index contributed by atoms with van der Waals surface area (Å²) in [4.78, 5) is 15.5. The summed E-state index contributed by atoms with van der Waals surface area (Å²) in [6.07, 6.45) is 3.54. The fourth-order valence-electron chi connectivity index (χ4n) is 3.22. The van der Waals surface area contributed by atoms with E-state index < -0.39 is 12.6 Å². The van der Waals surface area contributed by atoms with Crippen LogP contribution in [0.4, 0.5) is 0 Å². The van der Waals surface area contributed by atoms with E-state index in [1.165, 1.54) is 0 Å². The van der Waals surface area contributed by atoms with Crippen molar-refractivity contribution in [1.82, 2.24) is 4.98 Å². The highest BCUT2D eigenvalue weighted by Gasteiger charge is 2.15. The van der Waals surface area contributed by atoms with Gasteiger partial charge in [0.15, 0.2) is 12.4 Å². The zero-order valence-electron chi connectivity index (χ0n) is 17.4. The number of hydrogen-bond donors (Lipinski definition) is 1. The normalized spacial score (nSPS) is 10.9. The fraction of sp³-hybridized carbons (Fsp3) is 0.0769. The molecule has 0 saturated carbocycles. The Balaban J connectivity index is 1.70. The molecule has 0 aliphatic heterocycles. The molecule has 0 aliphatic rings. The summed E-state index contributed by atoms with van der Waals surface area (Å²) >= 11 is 0. The van der Waals surface area contributed by atoms with Gasteiger partial charge in [-0.2, -0.15) is 0 Å². The smallest absolute Gasteiger partial charge is 0.341 e. The number of nitrogens with zero attached hydrogens (tertiary/aromatic N) is 1. The maximum Gasteiger partial charge on any atom is 0.341 e. The van der Waals surface area contributed by atoms with Gasteiger partial charge >= 0.3 is 5.97 Å². The molecule has 0 spiro atoms. The summed E-state index contributed by atoms with van der Waals surface area (Å²) in [6, 6.07) is 24.8. The van der Waals surface area contributed by atoms with E-state index in [1.807, 2.05) is 60.7 Å². The second-order valence-corrected chi connectivity index (χ2v) is 6.88. The molecule has 3 aromatic carbocycles. The highest BCUT2D eigenvalue weighted by Crippen LogP contribution is 2.33. The molecule has 0 unspecified atom stereocenters. The van der Waals surface area contributed by atoms with Gasteiger partial charge in [0.2, 0.25) is 5.89 Å². The van der Waals surface area contributed by atoms with E-state index in [2.05, 4.69) is 0 Å². The predicted octanol–water partition coefficient (Wildman–Crippen LogP) is 5.65. The van der Waals surface area contributed by atoms with Crippen molar-refractivity contribution < 1.29 is 23.8 Å². The Morgan fingerprint density at radius 1 is 0.969 bits per heavy atom. The minimum Gasteiger partial charge on any atom is -0.496 e. The quantitative estimate of drug-likeness (QED) is 0.391. The zero-order chi connectivity index (χ0) is 22.3. The van der Waals surface area contributed by atoms with Crippen molar-refractivity contribution in [2.24, 2.45) is 0 Å². The molecular formula is C26H21NO5.